The Hall–Kier alpha value is -3.36. The molecule has 0 saturated heterocycles. The number of nitro benzene ring substituents is 1. The summed E-state index contributed by atoms with van der Waals surface area (Å²) in [5, 5.41) is 14.3. The van der Waals surface area contributed by atoms with Crippen molar-refractivity contribution < 1.29 is 23.0 Å². The van der Waals surface area contributed by atoms with Gasteiger partial charge in [-0.3, -0.25) is 10.1 Å². The maximum Gasteiger partial charge on any atom is 0.272 e. The van der Waals surface area contributed by atoms with Crippen molar-refractivity contribution in [2.45, 2.75) is 6.61 Å². The predicted molar refractivity (Wildman–Crippen MR) is 77.1 cm³/mol. The summed E-state index contributed by atoms with van der Waals surface area (Å²) in [6, 6.07) is 8.51. The highest BCUT2D eigenvalue weighted by Crippen LogP contribution is 2.23. The third-order valence-corrected chi connectivity index (χ3v) is 3.05. The van der Waals surface area contributed by atoms with Crippen LogP contribution in [0.3, 0.4) is 0 Å². The van der Waals surface area contributed by atoms with Gasteiger partial charge < -0.3 is 9.26 Å². The second-order valence-electron chi connectivity index (χ2n) is 4.68. The van der Waals surface area contributed by atoms with E-state index in [1.54, 1.807) is 0 Å². The van der Waals surface area contributed by atoms with Crippen molar-refractivity contribution in [3.8, 4) is 17.1 Å². The van der Waals surface area contributed by atoms with E-state index in [0.717, 1.165) is 18.2 Å². The van der Waals surface area contributed by atoms with Crippen molar-refractivity contribution in [2.24, 2.45) is 0 Å². The van der Waals surface area contributed by atoms with Gasteiger partial charge in [0.05, 0.1) is 11.0 Å². The minimum atomic E-state index is -0.873. The molecular weight excluding hydrogens is 324 g/mol. The molecule has 122 valence electrons. The molecular formula is C15H9F2N3O4. The SMILES string of the molecule is O=[N+]([O-])c1ccc(OCc2nc(-c3ccc(F)cc3)no2)c(F)c1. The van der Waals surface area contributed by atoms with E-state index in [0.29, 0.717) is 5.56 Å². The van der Waals surface area contributed by atoms with Crippen LogP contribution in [0.2, 0.25) is 0 Å². The van der Waals surface area contributed by atoms with Crippen molar-refractivity contribution >= 4 is 5.69 Å². The molecule has 0 fully saturated rings. The third-order valence-electron chi connectivity index (χ3n) is 3.05. The Labute approximate surface area is 133 Å². The number of non-ortho nitro benzene ring substituents is 1. The van der Waals surface area contributed by atoms with Crippen LogP contribution in [-0.2, 0) is 6.61 Å². The minimum absolute atomic E-state index is 0.0760. The van der Waals surface area contributed by atoms with Crippen LogP contribution in [0.4, 0.5) is 14.5 Å². The molecule has 0 atom stereocenters. The molecule has 24 heavy (non-hydrogen) atoms. The number of nitrogens with zero attached hydrogens (tertiary/aromatic N) is 3. The van der Waals surface area contributed by atoms with E-state index in [9.17, 15) is 18.9 Å². The Morgan fingerprint density at radius 3 is 2.58 bits per heavy atom. The monoisotopic (exact) mass is 333 g/mol. The molecule has 0 unspecified atom stereocenters. The lowest BCUT2D eigenvalue weighted by Crippen LogP contribution is -1.98. The number of nitro groups is 1. The van der Waals surface area contributed by atoms with Crippen molar-refractivity contribution in [3.63, 3.8) is 0 Å². The predicted octanol–water partition coefficient (Wildman–Crippen LogP) is 3.50. The summed E-state index contributed by atoms with van der Waals surface area (Å²) in [5.74, 6) is -1.13. The number of aromatic nitrogens is 2. The van der Waals surface area contributed by atoms with Gasteiger partial charge in [-0.1, -0.05) is 5.16 Å². The van der Waals surface area contributed by atoms with E-state index in [1.807, 2.05) is 0 Å². The standard InChI is InChI=1S/C15H9F2N3O4/c16-10-3-1-9(2-4-10)15-18-14(24-19-15)8-23-13-6-5-11(20(21)22)7-12(13)17/h1-7H,8H2. The highest BCUT2D eigenvalue weighted by atomic mass is 19.1. The summed E-state index contributed by atoms with van der Waals surface area (Å²) in [6.07, 6.45) is 0. The van der Waals surface area contributed by atoms with Gasteiger partial charge in [0.25, 0.3) is 11.6 Å². The van der Waals surface area contributed by atoms with Crippen LogP contribution in [0.5, 0.6) is 5.75 Å². The highest BCUT2D eigenvalue weighted by molar-refractivity contribution is 5.53. The molecule has 3 aromatic rings. The molecule has 0 aliphatic heterocycles. The van der Waals surface area contributed by atoms with Crippen LogP contribution in [0.15, 0.2) is 47.0 Å². The van der Waals surface area contributed by atoms with Crippen molar-refractivity contribution in [1.29, 1.82) is 0 Å². The molecule has 7 nitrogen and oxygen atoms in total. The number of hydrogen-bond acceptors (Lipinski definition) is 6. The normalized spacial score (nSPS) is 10.6. The zero-order valence-electron chi connectivity index (χ0n) is 12.0. The molecule has 3 rings (SSSR count). The Morgan fingerprint density at radius 2 is 1.92 bits per heavy atom. The smallest absolute Gasteiger partial charge is 0.272 e. The largest absolute Gasteiger partial charge is 0.481 e. The number of rotatable bonds is 5. The summed E-state index contributed by atoms with van der Waals surface area (Å²) in [5.41, 5.74) is 0.171. The number of hydrogen-bond donors (Lipinski definition) is 0. The molecule has 0 aliphatic rings. The van der Waals surface area contributed by atoms with Crippen LogP contribution >= 0.6 is 0 Å². The maximum atomic E-state index is 13.7. The molecule has 0 amide bonds. The Kier molecular flexibility index (Phi) is 4.15. The van der Waals surface area contributed by atoms with Gasteiger partial charge in [-0.25, -0.2) is 8.78 Å². The fraction of sp³-hybridized carbons (Fsp3) is 0.0667. The van der Waals surface area contributed by atoms with Crippen molar-refractivity contribution in [3.05, 3.63) is 70.1 Å². The Morgan fingerprint density at radius 1 is 1.17 bits per heavy atom. The van der Waals surface area contributed by atoms with Gasteiger partial charge in [0, 0.05) is 11.6 Å². The lowest BCUT2D eigenvalue weighted by atomic mass is 10.2. The molecule has 0 bridgehead atoms. The second kappa shape index (κ2) is 6.41. The van der Waals surface area contributed by atoms with E-state index < -0.39 is 10.7 Å². The summed E-state index contributed by atoms with van der Waals surface area (Å²) in [4.78, 5) is 13.9. The zero-order chi connectivity index (χ0) is 17.1. The van der Waals surface area contributed by atoms with Crippen LogP contribution in [0, 0.1) is 21.7 Å². The average Bonchev–Trinajstić information content (AvgIpc) is 3.03. The first-order valence-electron chi connectivity index (χ1n) is 6.68. The molecule has 2 aromatic carbocycles. The quantitative estimate of drug-likeness (QED) is 0.524. The zero-order valence-corrected chi connectivity index (χ0v) is 12.0. The van der Waals surface area contributed by atoms with Gasteiger partial charge in [0.1, 0.15) is 5.82 Å². The van der Waals surface area contributed by atoms with E-state index in [4.69, 9.17) is 9.26 Å². The highest BCUT2D eigenvalue weighted by Gasteiger charge is 2.14. The minimum Gasteiger partial charge on any atom is -0.481 e. The third kappa shape index (κ3) is 3.35. The molecule has 0 radical (unpaired) electrons. The summed E-state index contributed by atoms with van der Waals surface area (Å²) in [6.45, 7) is -0.219. The Bertz CT molecular complexity index is 881. The fourth-order valence-electron chi connectivity index (χ4n) is 1.89. The molecule has 0 aliphatic carbocycles. The van der Waals surface area contributed by atoms with Crippen LogP contribution in [0.1, 0.15) is 5.89 Å². The van der Waals surface area contributed by atoms with E-state index in [1.165, 1.54) is 24.3 Å². The first kappa shape index (κ1) is 15.5. The molecule has 0 N–H and O–H groups in total. The van der Waals surface area contributed by atoms with Gasteiger partial charge in [-0.2, -0.15) is 4.98 Å². The summed E-state index contributed by atoms with van der Waals surface area (Å²) in [7, 11) is 0. The lowest BCUT2D eigenvalue weighted by Gasteiger charge is -2.03. The van der Waals surface area contributed by atoms with Gasteiger partial charge in [-0.05, 0) is 30.3 Å². The van der Waals surface area contributed by atoms with Gasteiger partial charge in [0.2, 0.25) is 5.82 Å². The first-order valence-corrected chi connectivity index (χ1v) is 6.68. The van der Waals surface area contributed by atoms with Crippen molar-refractivity contribution in [2.75, 3.05) is 0 Å². The number of halogens is 2. The van der Waals surface area contributed by atoms with E-state index in [2.05, 4.69) is 10.1 Å². The molecule has 0 spiro atoms. The van der Waals surface area contributed by atoms with E-state index >= 15 is 0 Å². The van der Waals surface area contributed by atoms with Crippen LogP contribution in [-0.4, -0.2) is 15.1 Å². The lowest BCUT2D eigenvalue weighted by molar-refractivity contribution is -0.385. The fourth-order valence-corrected chi connectivity index (χ4v) is 1.89. The first-order chi connectivity index (χ1) is 11.5. The topological polar surface area (TPSA) is 91.3 Å². The summed E-state index contributed by atoms with van der Waals surface area (Å²) < 4.78 is 36.7. The molecule has 9 heteroatoms. The van der Waals surface area contributed by atoms with Crippen LogP contribution in [0.25, 0.3) is 11.4 Å². The Balaban J connectivity index is 1.69. The van der Waals surface area contributed by atoms with Gasteiger partial charge >= 0.3 is 0 Å². The molecule has 1 heterocycles. The van der Waals surface area contributed by atoms with E-state index in [-0.39, 0.29) is 35.6 Å². The van der Waals surface area contributed by atoms with Gasteiger partial charge in [0.15, 0.2) is 18.2 Å². The summed E-state index contributed by atoms with van der Waals surface area (Å²) >= 11 is 0. The average molecular weight is 333 g/mol. The maximum absolute atomic E-state index is 13.7. The molecule has 0 saturated carbocycles. The van der Waals surface area contributed by atoms with Crippen molar-refractivity contribution in [1.82, 2.24) is 10.1 Å². The number of ether oxygens (including phenoxy) is 1. The second-order valence-corrected chi connectivity index (χ2v) is 4.68. The van der Waals surface area contributed by atoms with Crippen LogP contribution < -0.4 is 4.74 Å². The molecule has 1 aromatic heterocycles. The van der Waals surface area contributed by atoms with Gasteiger partial charge in [-0.15, -0.1) is 0 Å². The number of benzene rings is 2.